The summed E-state index contributed by atoms with van der Waals surface area (Å²) in [6, 6.07) is -0.654. The van der Waals surface area contributed by atoms with Crippen molar-refractivity contribution in [3.05, 3.63) is 16.5 Å². The number of aliphatic hydroxyl groups is 1. The maximum Gasteiger partial charge on any atom is 0.256 e. The fourth-order valence-corrected chi connectivity index (χ4v) is 3.64. The minimum Gasteiger partial charge on any atom is -0.395 e. The Morgan fingerprint density at radius 2 is 2.14 bits per heavy atom. The zero-order valence-corrected chi connectivity index (χ0v) is 12.1. The molecular formula is C13H15N3O4S. The normalized spacial score (nSPS) is 22.1. The number of thiophene rings is 1. The maximum absolute atomic E-state index is 12.4. The first-order valence-electron chi connectivity index (χ1n) is 6.66. The molecule has 1 unspecified atom stereocenters. The highest BCUT2D eigenvalue weighted by atomic mass is 32.1. The van der Waals surface area contributed by atoms with Crippen molar-refractivity contribution in [2.24, 2.45) is 0 Å². The van der Waals surface area contributed by atoms with Gasteiger partial charge in [0.1, 0.15) is 6.04 Å². The van der Waals surface area contributed by atoms with Crippen molar-refractivity contribution < 1.29 is 19.5 Å². The standard InChI is InChI=1S/C13H15N3O4S/c14-11-7-5-16(12(19)8(7)6-21-11)9-1-2-10(18)15(3-4-17)13(9)20/h6,9,17H,1-5,14H2. The van der Waals surface area contributed by atoms with E-state index in [4.69, 9.17) is 10.8 Å². The third-order valence-corrected chi connectivity index (χ3v) is 4.78. The number of β-amino-alcohol motifs (C(OH)–C–C–N with tert-alkyl or cyclic N) is 1. The average molecular weight is 309 g/mol. The number of hydrogen-bond donors (Lipinski definition) is 2. The van der Waals surface area contributed by atoms with Crippen molar-refractivity contribution in [1.29, 1.82) is 0 Å². The van der Waals surface area contributed by atoms with Crippen LogP contribution in [0, 0.1) is 0 Å². The second-order valence-electron chi connectivity index (χ2n) is 5.09. The Morgan fingerprint density at radius 3 is 2.81 bits per heavy atom. The molecule has 2 aliphatic rings. The Labute approximate surface area is 124 Å². The highest BCUT2D eigenvalue weighted by Crippen LogP contribution is 2.35. The zero-order valence-electron chi connectivity index (χ0n) is 11.2. The van der Waals surface area contributed by atoms with E-state index in [1.54, 1.807) is 5.38 Å². The Balaban J connectivity index is 1.83. The first-order chi connectivity index (χ1) is 10.0. The van der Waals surface area contributed by atoms with Crippen molar-refractivity contribution in [2.45, 2.75) is 25.4 Å². The number of nitrogen functional groups attached to an aromatic ring is 1. The van der Waals surface area contributed by atoms with Crippen LogP contribution in [-0.2, 0) is 16.1 Å². The van der Waals surface area contributed by atoms with Crippen LogP contribution in [0.3, 0.4) is 0 Å². The largest absolute Gasteiger partial charge is 0.395 e. The molecule has 0 bridgehead atoms. The molecule has 0 aliphatic carbocycles. The highest BCUT2D eigenvalue weighted by Gasteiger charge is 2.43. The van der Waals surface area contributed by atoms with E-state index in [2.05, 4.69) is 0 Å². The number of aliphatic hydroxyl groups excluding tert-OH is 1. The second-order valence-corrected chi connectivity index (χ2v) is 6.00. The molecule has 1 aromatic rings. The Bertz CT molecular complexity index is 627. The number of anilines is 1. The summed E-state index contributed by atoms with van der Waals surface area (Å²) in [6.07, 6.45) is 0.515. The van der Waals surface area contributed by atoms with Gasteiger partial charge in [0.2, 0.25) is 5.91 Å². The predicted octanol–water partition coefficient (Wildman–Crippen LogP) is -0.204. The molecule has 0 saturated carbocycles. The topological polar surface area (TPSA) is 104 Å². The molecule has 3 amide bonds. The van der Waals surface area contributed by atoms with Crippen LogP contribution in [0.1, 0.15) is 28.8 Å². The lowest BCUT2D eigenvalue weighted by Gasteiger charge is -2.35. The molecule has 0 aromatic carbocycles. The van der Waals surface area contributed by atoms with E-state index in [-0.39, 0.29) is 31.4 Å². The number of rotatable bonds is 3. The van der Waals surface area contributed by atoms with Gasteiger partial charge in [0.15, 0.2) is 0 Å². The maximum atomic E-state index is 12.4. The summed E-state index contributed by atoms with van der Waals surface area (Å²) in [6.45, 7) is -0.00131. The molecule has 112 valence electrons. The van der Waals surface area contributed by atoms with E-state index in [9.17, 15) is 14.4 Å². The third kappa shape index (κ3) is 2.11. The van der Waals surface area contributed by atoms with E-state index >= 15 is 0 Å². The predicted molar refractivity (Wildman–Crippen MR) is 75.4 cm³/mol. The summed E-state index contributed by atoms with van der Waals surface area (Å²) in [5.41, 5.74) is 7.15. The van der Waals surface area contributed by atoms with Crippen LogP contribution < -0.4 is 5.73 Å². The van der Waals surface area contributed by atoms with Crippen LogP contribution in [0.25, 0.3) is 0 Å². The molecule has 0 spiro atoms. The van der Waals surface area contributed by atoms with Crippen molar-refractivity contribution in [3.8, 4) is 0 Å². The van der Waals surface area contributed by atoms with Gasteiger partial charge in [-0.05, 0) is 6.42 Å². The average Bonchev–Trinajstić information content (AvgIpc) is 2.97. The van der Waals surface area contributed by atoms with Gasteiger partial charge in [0.25, 0.3) is 11.8 Å². The molecule has 21 heavy (non-hydrogen) atoms. The first-order valence-corrected chi connectivity index (χ1v) is 7.54. The van der Waals surface area contributed by atoms with Gasteiger partial charge in [-0.15, -0.1) is 11.3 Å². The fourth-order valence-electron chi connectivity index (χ4n) is 2.83. The lowest BCUT2D eigenvalue weighted by molar-refractivity contribution is -0.152. The van der Waals surface area contributed by atoms with Crippen molar-refractivity contribution in [3.63, 3.8) is 0 Å². The SMILES string of the molecule is Nc1scc2c1CN(C1CCC(=O)N(CCO)C1=O)C2=O. The van der Waals surface area contributed by atoms with E-state index < -0.39 is 11.9 Å². The van der Waals surface area contributed by atoms with E-state index in [0.717, 1.165) is 10.5 Å². The molecule has 3 N–H and O–H groups in total. The number of imide groups is 1. The van der Waals surface area contributed by atoms with Gasteiger partial charge in [-0.3, -0.25) is 19.3 Å². The summed E-state index contributed by atoms with van der Waals surface area (Å²) < 4.78 is 0. The number of fused-ring (bicyclic) bond motifs is 1. The van der Waals surface area contributed by atoms with Crippen molar-refractivity contribution >= 4 is 34.1 Å². The molecule has 2 aliphatic heterocycles. The number of hydrogen-bond acceptors (Lipinski definition) is 6. The van der Waals surface area contributed by atoms with Crippen molar-refractivity contribution in [2.75, 3.05) is 18.9 Å². The van der Waals surface area contributed by atoms with E-state index in [1.807, 2.05) is 0 Å². The Hall–Kier alpha value is -1.93. The second kappa shape index (κ2) is 5.12. The third-order valence-electron chi connectivity index (χ3n) is 3.93. The summed E-state index contributed by atoms with van der Waals surface area (Å²) in [4.78, 5) is 39.0. The molecule has 3 heterocycles. The Morgan fingerprint density at radius 1 is 1.38 bits per heavy atom. The lowest BCUT2D eigenvalue weighted by atomic mass is 10.0. The van der Waals surface area contributed by atoms with Crippen molar-refractivity contribution in [1.82, 2.24) is 9.80 Å². The van der Waals surface area contributed by atoms with Gasteiger partial charge in [0, 0.05) is 17.4 Å². The van der Waals surface area contributed by atoms with Gasteiger partial charge in [0.05, 0.1) is 30.3 Å². The van der Waals surface area contributed by atoms with Gasteiger partial charge < -0.3 is 15.7 Å². The van der Waals surface area contributed by atoms with Crippen LogP contribution >= 0.6 is 11.3 Å². The number of piperidine rings is 1. The van der Waals surface area contributed by atoms with Crippen LogP contribution in [0.5, 0.6) is 0 Å². The quantitative estimate of drug-likeness (QED) is 0.752. The lowest BCUT2D eigenvalue weighted by Crippen LogP contribution is -2.55. The molecule has 8 heteroatoms. The molecule has 1 aromatic heterocycles. The number of amides is 3. The molecular weight excluding hydrogens is 294 g/mol. The monoisotopic (exact) mass is 309 g/mol. The molecule has 7 nitrogen and oxygen atoms in total. The molecule has 1 fully saturated rings. The fraction of sp³-hybridized carbons (Fsp3) is 0.462. The van der Waals surface area contributed by atoms with Gasteiger partial charge >= 0.3 is 0 Å². The van der Waals surface area contributed by atoms with Crippen LogP contribution in [0.2, 0.25) is 0 Å². The molecule has 3 rings (SSSR count). The minimum atomic E-state index is -0.654. The zero-order chi connectivity index (χ0) is 15.1. The number of nitrogens with zero attached hydrogens (tertiary/aromatic N) is 2. The Kier molecular flexibility index (Phi) is 3.42. The van der Waals surface area contributed by atoms with E-state index in [1.165, 1.54) is 16.2 Å². The smallest absolute Gasteiger partial charge is 0.256 e. The summed E-state index contributed by atoms with van der Waals surface area (Å²) in [5.74, 6) is -0.929. The van der Waals surface area contributed by atoms with Gasteiger partial charge in [-0.1, -0.05) is 0 Å². The summed E-state index contributed by atoms with van der Waals surface area (Å²) >= 11 is 1.32. The van der Waals surface area contributed by atoms with Crippen LogP contribution in [0.15, 0.2) is 5.38 Å². The van der Waals surface area contributed by atoms with Gasteiger partial charge in [-0.2, -0.15) is 0 Å². The number of nitrogens with two attached hydrogens (primary N) is 1. The molecule has 1 atom stereocenters. The van der Waals surface area contributed by atoms with E-state index in [0.29, 0.717) is 23.5 Å². The first kappa shape index (κ1) is 14.0. The summed E-state index contributed by atoms with van der Waals surface area (Å²) in [5, 5.41) is 11.3. The number of likely N-dealkylation sites (tertiary alicyclic amines) is 1. The number of carbonyl (C=O) groups is 3. The molecule has 1 saturated heterocycles. The highest BCUT2D eigenvalue weighted by molar-refractivity contribution is 7.14. The van der Waals surface area contributed by atoms with Crippen LogP contribution in [-0.4, -0.2) is 51.8 Å². The minimum absolute atomic E-state index is 0.0282. The number of carbonyl (C=O) groups excluding carboxylic acids is 3. The molecule has 0 radical (unpaired) electrons. The van der Waals surface area contributed by atoms with Gasteiger partial charge in [-0.25, -0.2) is 0 Å². The summed E-state index contributed by atoms with van der Waals surface area (Å²) in [7, 11) is 0. The van der Waals surface area contributed by atoms with Crippen LogP contribution in [0.4, 0.5) is 5.00 Å².